The van der Waals surface area contributed by atoms with Gasteiger partial charge in [-0.25, -0.2) is 0 Å². The maximum Gasteiger partial charge on any atom is 0.238 e. The van der Waals surface area contributed by atoms with Crippen LogP contribution in [0.2, 0.25) is 0 Å². The molecule has 6 heteroatoms. The van der Waals surface area contributed by atoms with Crippen molar-refractivity contribution in [2.75, 3.05) is 50.6 Å². The molecule has 3 rings (SSSR count). The average molecular weight is 428 g/mol. The van der Waals surface area contributed by atoms with E-state index in [0.29, 0.717) is 13.1 Å². The van der Waals surface area contributed by atoms with Gasteiger partial charge in [0.1, 0.15) is 5.75 Å². The molecule has 5 nitrogen and oxygen atoms in total. The number of likely N-dealkylation sites (N-methyl/N-ethyl adjacent to an activating group) is 1. The molecular weight excluding hydrogens is 394 g/mol. The van der Waals surface area contributed by atoms with Gasteiger partial charge in [-0.3, -0.25) is 14.6 Å². The molecule has 1 fully saturated rings. The molecule has 1 N–H and O–H groups in total. The Labute approximate surface area is 184 Å². The minimum absolute atomic E-state index is 0.00554. The normalized spacial score (nSPS) is 14.7. The van der Waals surface area contributed by atoms with Crippen LogP contribution in [0.4, 0.5) is 5.69 Å². The van der Waals surface area contributed by atoms with Crippen LogP contribution in [0.1, 0.15) is 22.3 Å². The number of nitrogens with zero attached hydrogens (tertiary/aromatic N) is 2. The molecule has 0 bridgehead atoms. The fourth-order valence-electron chi connectivity index (χ4n) is 4.03. The first-order chi connectivity index (χ1) is 14.4. The van der Waals surface area contributed by atoms with Crippen LogP contribution in [-0.2, 0) is 17.9 Å². The van der Waals surface area contributed by atoms with Crippen molar-refractivity contribution in [1.82, 2.24) is 9.80 Å². The summed E-state index contributed by atoms with van der Waals surface area (Å²) >= 11 is 2.02. The van der Waals surface area contributed by atoms with Gasteiger partial charge in [-0.15, -0.1) is 0 Å². The van der Waals surface area contributed by atoms with Crippen molar-refractivity contribution in [1.29, 1.82) is 0 Å². The molecule has 0 atom stereocenters. The number of anilines is 1. The molecule has 2 aromatic carbocycles. The number of carbonyl (C=O) groups is 1. The van der Waals surface area contributed by atoms with E-state index in [0.717, 1.165) is 42.2 Å². The molecule has 0 saturated carbocycles. The number of aryl methyl sites for hydroxylation is 2. The standard InChI is InChI=1S/C24H33N3O2S/c1-18-12-21(13-19(2)24(18)29-4)15-26(3)17-23(28)25-22-7-5-6-20(14-22)16-27-8-10-30-11-9-27/h5-7,12-14H,8-11,15-17H2,1-4H3,(H,25,28). The van der Waals surface area contributed by atoms with E-state index in [1.807, 2.05) is 35.8 Å². The maximum absolute atomic E-state index is 12.6. The monoisotopic (exact) mass is 427 g/mol. The number of benzene rings is 2. The van der Waals surface area contributed by atoms with Crippen molar-refractivity contribution in [3.63, 3.8) is 0 Å². The van der Waals surface area contributed by atoms with Crippen molar-refractivity contribution in [3.05, 3.63) is 58.7 Å². The van der Waals surface area contributed by atoms with Gasteiger partial charge in [-0.2, -0.15) is 11.8 Å². The fraction of sp³-hybridized carbons (Fsp3) is 0.458. The Morgan fingerprint density at radius 2 is 1.83 bits per heavy atom. The van der Waals surface area contributed by atoms with Crippen LogP contribution in [0.3, 0.4) is 0 Å². The van der Waals surface area contributed by atoms with E-state index in [2.05, 4.69) is 48.3 Å². The van der Waals surface area contributed by atoms with Gasteiger partial charge in [0.15, 0.2) is 0 Å². The number of ether oxygens (including phenoxy) is 1. The molecule has 1 saturated heterocycles. The van der Waals surface area contributed by atoms with Gasteiger partial charge in [-0.1, -0.05) is 24.3 Å². The molecule has 0 radical (unpaired) electrons. The topological polar surface area (TPSA) is 44.8 Å². The second-order valence-electron chi connectivity index (χ2n) is 8.07. The van der Waals surface area contributed by atoms with E-state index in [4.69, 9.17) is 4.74 Å². The zero-order valence-electron chi connectivity index (χ0n) is 18.5. The number of nitrogens with one attached hydrogen (secondary N) is 1. The summed E-state index contributed by atoms with van der Waals surface area (Å²) in [4.78, 5) is 17.1. The molecule has 1 amide bonds. The molecule has 1 heterocycles. The van der Waals surface area contributed by atoms with E-state index in [-0.39, 0.29) is 5.91 Å². The predicted octanol–water partition coefficient (Wildman–Crippen LogP) is 3.93. The van der Waals surface area contributed by atoms with Crippen LogP contribution in [0.25, 0.3) is 0 Å². The Morgan fingerprint density at radius 3 is 2.50 bits per heavy atom. The summed E-state index contributed by atoms with van der Waals surface area (Å²) in [6, 6.07) is 12.5. The van der Waals surface area contributed by atoms with Gasteiger partial charge in [0.05, 0.1) is 13.7 Å². The Hall–Kier alpha value is -2.02. The average Bonchev–Trinajstić information content (AvgIpc) is 2.68. The van der Waals surface area contributed by atoms with Gasteiger partial charge >= 0.3 is 0 Å². The lowest BCUT2D eigenvalue weighted by atomic mass is 10.1. The number of hydrogen-bond acceptors (Lipinski definition) is 5. The summed E-state index contributed by atoms with van der Waals surface area (Å²) in [5.41, 5.74) is 5.54. The molecule has 2 aromatic rings. The maximum atomic E-state index is 12.6. The lowest BCUT2D eigenvalue weighted by Gasteiger charge is -2.26. The first-order valence-corrected chi connectivity index (χ1v) is 11.6. The third kappa shape index (κ3) is 6.49. The summed E-state index contributed by atoms with van der Waals surface area (Å²) in [7, 11) is 3.67. The van der Waals surface area contributed by atoms with E-state index in [1.54, 1.807) is 7.11 Å². The highest BCUT2D eigenvalue weighted by Gasteiger charge is 2.13. The molecule has 30 heavy (non-hydrogen) atoms. The zero-order valence-corrected chi connectivity index (χ0v) is 19.3. The first kappa shape index (κ1) is 22.7. The molecule has 0 spiro atoms. The number of thioether (sulfide) groups is 1. The molecule has 0 unspecified atom stereocenters. The Bertz CT molecular complexity index is 842. The quantitative estimate of drug-likeness (QED) is 0.692. The van der Waals surface area contributed by atoms with Crippen LogP contribution < -0.4 is 10.1 Å². The van der Waals surface area contributed by atoms with E-state index >= 15 is 0 Å². The minimum Gasteiger partial charge on any atom is -0.496 e. The summed E-state index contributed by atoms with van der Waals surface area (Å²) in [5.74, 6) is 3.35. The van der Waals surface area contributed by atoms with E-state index < -0.39 is 0 Å². The Kier molecular flexibility index (Phi) is 8.19. The van der Waals surface area contributed by atoms with Crippen molar-refractivity contribution in [2.45, 2.75) is 26.9 Å². The first-order valence-electron chi connectivity index (χ1n) is 10.5. The largest absolute Gasteiger partial charge is 0.496 e. The van der Waals surface area contributed by atoms with Crippen LogP contribution in [-0.4, -0.2) is 61.0 Å². The number of rotatable bonds is 8. The Morgan fingerprint density at radius 1 is 1.13 bits per heavy atom. The number of hydrogen-bond donors (Lipinski definition) is 1. The lowest BCUT2D eigenvalue weighted by Crippen LogP contribution is -2.32. The second kappa shape index (κ2) is 10.8. The fourth-order valence-corrected chi connectivity index (χ4v) is 5.01. The van der Waals surface area contributed by atoms with E-state index in [1.165, 1.54) is 22.6 Å². The molecular formula is C24H33N3O2S. The summed E-state index contributed by atoms with van der Waals surface area (Å²) in [5, 5.41) is 3.05. The Balaban J connectivity index is 1.53. The zero-order chi connectivity index (χ0) is 21.5. The van der Waals surface area contributed by atoms with Gasteiger partial charge in [0.25, 0.3) is 0 Å². The molecule has 1 aliphatic heterocycles. The highest BCUT2D eigenvalue weighted by atomic mass is 32.2. The van der Waals surface area contributed by atoms with Crippen LogP contribution in [0, 0.1) is 13.8 Å². The van der Waals surface area contributed by atoms with Crippen LogP contribution >= 0.6 is 11.8 Å². The molecule has 0 aliphatic carbocycles. The smallest absolute Gasteiger partial charge is 0.238 e. The van der Waals surface area contributed by atoms with Crippen LogP contribution in [0.15, 0.2) is 36.4 Å². The van der Waals surface area contributed by atoms with Crippen molar-refractivity contribution in [2.24, 2.45) is 0 Å². The third-order valence-electron chi connectivity index (χ3n) is 5.31. The SMILES string of the molecule is COc1c(C)cc(CN(C)CC(=O)Nc2cccc(CN3CCSCC3)c2)cc1C. The lowest BCUT2D eigenvalue weighted by molar-refractivity contribution is -0.117. The highest BCUT2D eigenvalue weighted by molar-refractivity contribution is 7.99. The van der Waals surface area contributed by atoms with Crippen molar-refractivity contribution in [3.8, 4) is 5.75 Å². The summed E-state index contributed by atoms with van der Waals surface area (Å²) in [6.07, 6.45) is 0. The van der Waals surface area contributed by atoms with Crippen LogP contribution in [0.5, 0.6) is 5.75 Å². The van der Waals surface area contributed by atoms with Gasteiger partial charge in [0.2, 0.25) is 5.91 Å². The van der Waals surface area contributed by atoms with Gasteiger partial charge in [0, 0.05) is 43.4 Å². The molecule has 0 aromatic heterocycles. The van der Waals surface area contributed by atoms with Gasteiger partial charge < -0.3 is 10.1 Å². The predicted molar refractivity (Wildman–Crippen MR) is 126 cm³/mol. The second-order valence-corrected chi connectivity index (χ2v) is 9.30. The highest BCUT2D eigenvalue weighted by Crippen LogP contribution is 2.24. The number of methoxy groups -OCH3 is 1. The van der Waals surface area contributed by atoms with E-state index in [9.17, 15) is 4.79 Å². The number of amides is 1. The van der Waals surface area contributed by atoms with Gasteiger partial charge in [-0.05, 0) is 55.3 Å². The van der Waals surface area contributed by atoms with Crippen molar-refractivity contribution < 1.29 is 9.53 Å². The van der Waals surface area contributed by atoms with Crippen molar-refractivity contribution >= 4 is 23.4 Å². The summed E-state index contributed by atoms with van der Waals surface area (Å²) in [6.45, 7) is 8.38. The molecule has 1 aliphatic rings. The number of carbonyl (C=O) groups excluding carboxylic acids is 1. The third-order valence-corrected chi connectivity index (χ3v) is 6.25. The molecule has 162 valence electrons. The summed E-state index contributed by atoms with van der Waals surface area (Å²) < 4.78 is 5.44. The minimum atomic E-state index is 0.00554.